The Hall–Kier alpha value is -0.730. The maximum absolute atomic E-state index is 10.7. The number of carbonyl (C=O) groups is 1. The number of hydrogen-bond acceptors (Lipinski definition) is 6. The van der Waals surface area contributed by atoms with E-state index in [9.17, 15) is 15.0 Å². The van der Waals surface area contributed by atoms with Crippen LogP contribution in [0.15, 0.2) is 0 Å². The van der Waals surface area contributed by atoms with Crippen molar-refractivity contribution in [1.82, 2.24) is 0 Å². The molecule has 0 bridgehead atoms. The van der Waals surface area contributed by atoms with Crippen LogP contribution in [0.5, 0.6) is 0 Å². The van der Waals surface area contributed by atoms with E-state index in [4.69, 9.17) is 19.3 Å². The zero-order chi connectivity index (χ0) is 24.3. The van der Waals surface area contributed by atoms with Crippen molar-refractivity contribution in [2.45, 2.75) is 159 Å². The maximum atomic E-state index is 10.7. The Morgan fingerprint density at radius 1 is 0.848 bits per heavy atom. The molecule has 2 fully saturated rings. The number of unbranched alkanes of at least 4 members (excludes halogenated alkanes) is 7. The summed E-state index contributed by atoms with van der Waals surface area (Å²) in [4.78, 5) is 10.7. The minimum absolute atomic E-state index is 0.0300. The highest BCUT2D eigenvalue weighted by Crippen LogP contribution is 2.35. The number of aliphatic hydroxyl groups excluding tert-OH is 2. The molecule has 194 valence electrons. The Labute approximate surface area is 200 Å². The summed E-state index contributed by atoms with van der Waals surface area (Å²) in [5, 5.41) is 29.6. The van der Waals surface area contributed by atoms with E-state index in [0.717, 1.165) is 12.8 Å². The van der Waals surface area contributed by atoms with Crippen LogP contribution in [0.3, 0.4) is 0 Å². The molecule has 2 saturated heterocycles. The van der Waals surface area contributed by atoms with Crippen molar-refractivity contribution in [3.05, 3.63) is 0 Å². The van der Waals surface area contributed by atoms with E-state index in [-0.39, 0.29) is 31.2 Å². The van der Waals surface area contributed by atoms with Gasteiger partial charge in [0.15, 0.2) is 5.79 Å². The molecule has 2 aliphatic rings. The summed E-state index contributed by atoms with van der Waals surface area (Å²) < 4.78 is 18.2. The summed E-state index contributed by atoms with van der Waals surface area (Å²) in [5.41, 5.74) is 0. The van der Waals surface area contributed by atoms with Crippen molar-refractivity contribution < 1.29 is 34.3 Å². The largest absolute Gasteiger partial charge is 0.481 e. The first-order chi connectivity index (χ1) is 15.7. The van der Waals surface area contributed by atoms with Gasteiger partial charge in [-0.3, -0.25) is 4.79 Å². The van der Waals surface area contributed by atoms with E-state index >= 15 is 0 Å². The molecule has 3 N–H and O–H groups in total. The molecule has 2 heterocycles. The SMILES string of the molecule is CCCCCCCCCC[C@@H]1OC(C)(C)O[C@@H]1CC[C@H](O)[C@@H]1CC[C@@H]([C@H](O)CCC(=O)O)O1. The van der Waals surface area contributed by atoms with E-state index in [0.29, 0.717) is 25.7 Å². The van der Waals surface area contributed by atoms with Crippen molar-refractivity contribution in [1.29, 1.82) is 0 Å². The lowest BCUT2D eigenvalue weighted by Gasteiger charge is -2.23. The third-order valence-corrected chi connectivity index (χ3v) is 6.97. The van der Waals surface area contributed by atoms with Gasteiger partial charge in [-0.1, -0.05) is 58.3 Å². The Kier molecular flexibility index (Phi) is 12.6. The molecule has 33 heavy (non-hydrogen) atoms. The van der Waals surface area contributed by atoms with Gasteiger partial charge in [-0.2, -0.15) is 0 Å². The van der Waals surface area contributed by atoms with Crippen LogP contribution in [0.1, 0.15) is 117 Å². The molecule has 7 heteroatoms. The normalized spacial score (nSPS) is 28.8. The first kappa shape index (κ1) is 28.5. The van der Waals surface area contributed by atoms with Crippen LogP contribution in [0.25, 0.3) is 0 Å². The molecule has 0 aromatic rings. The Balaban J connectivity index is 1.68. The lowest BCUT2D eigenvalue weighted by molar-refractivity contribution is -0.148. The highest BCUT2D eigenvalue weighted by atomic mass is 16.7. The van der Waals surface area contributed by atoms with Crippen LogP contribution < -0.4 is 0 Å². The Morgan fingerprint density at radius 2 is 1.36 bits per heavy atom. The molecule has 0 unspecified atom stereocenters. The van der Waals surface area contributed by atoms with Crippen LogP contribution >= 0.6 is 0 Å². The number of carboxylic acid groups (broad SMARTS) is 1. The molecule has 0 aromatic carbocycles. The highest BCUT2D eigenvalue weighted by Gasteiger charge is 2.41. The standard InChI is InChI=1S/C26H48O7/c1-4-5-6-7-8-9-10-11-12-23-24(33-26(2,3)32-23)15-13-19(27)21-16-17-22(31-21)20(28)14-18-25(29)30/h19-24,27-28H,4-18H2,1-3H3,(H,29,30)/t19-,20+,21-,22-,23-,24+/m0/s1. The fraction of sp³-hybridized carbons (Fsp3) is 0.962. The summed E-state index contributed by atoms with van der Waals surface area (Å²) >= 11 is 0. The van der Waals surface area contributed by atoms with Crippen molar-refractivity contribution in [3.8, 4) is 0 Å². The summed E-state index contributed by atoms with van der Waals surface area (Å²) in [5.74, 6) is -1.52. The first-order valence-electron chi connectivity index (χ1n) is 13.3. The Bertz CT molecular complexity index is 553. The van der Waals surface area contributed by atoms with Gasteiger partial charge in [-0.15, -0.1) is 0 Å². The molecule has 2 rings (SSSR count). The molecular formula is C26H48O7. The first-order valence-corrected chi connectivity index (χ1v) is 13.3. The van der Waals surface area contributed by atoms with Crippen LogP contribution in [0, 0.1) is 0 Å². The van der Waals surface area contributed by atoms with Gasteiger partial charge in [-0.05, 0) is 52.4 Å². The second-order valence-corrected chi connectivity index (χ2v) is 10.4. The van der Waals surface area contributed by atoms with Crippen LogP contribution in [-0.4, -0.2) is 63.7 Å². The molecule has 0 aliphatic carbocycles. The van der Waals surface area contributed by atoms with Crippen molar-refractivity contribution in [2.75, 3.05) is 0 Å². The molecule has 0 saturated carbocycles. The number of aliphatic carboxylic acids is 1. The van der Waals surface area contributed by atoms with Gasteiger partial charge in [0.25, 0.3) is 0 Å². The summed E-state index contributed by atoms with van der Waals surface area (Å²) in [7, 11) is 0. The van der Waals surface area contributed by atoms with Gasteiger partial charge in [0, 0.05) is 6.42 Å². The number of aliphatic hydroxyl groups is 2. The van der Waals surface area contributed by atoms with E-state index in [1.165, 1.54) is 44.9 Å². The number of rotatable bonds is 17. The second-order valence-electron chi connectivity index (χ2n) is 10.4. The molecule has 2 aliphatic heterocycles. The summed E-state index contributed by atoms with van der Waals surface area (Å²) in [6.07, 6.45) is 11.8. The third-order valence-electron chi connectivity index (χ3n) is 6.97. The number of carboxylic acids is 1. The average molecular weight is 473 g/mol. The van der Waals surface area contributed by atoms with Crippen LogP contribution in [-0.2, 0) is 19.0 Å². The highest BCUT2D eigenvalue weighted by molar-refractivity contribution is 5.66. The molecule has 6 atom stereocenters. The molecule has 0 amide bonds. The number of ether oxygens (including phenoxy) is 3. The van der Waals surface area contributed by atoms with E-state index < -0.39 is 30.1 Å². The minimum Gasteiger partial charge on any atom is -0.481 e. The van der Waals surface area contributed by atoms with Gasteiger partial charge in [0.05, 0.1) is 36.6 Å². The average Bonchev–Trinajstić information content (AvgIpc) is 3.36. The second kappa shape index (κ2) is 14.6. The minimum atomic E-state index is -0.924. The number of hydrogen-bond donors (Lipinski definition) is 3. The summed E-state index contributed by atoms with van der Waals surface area (Å²) in [6.45, 7) is 6.15. The van der Waals surface area contributed by atoms with Crippen LogP contribution in [0.2, 0.25) is 0 Å². The Morgan fingerprint density at radius 3 is 1.94 bits per heavy atom. The predicted octanol–water partition coefficient (Wildman–Crippen LogP) is 4.95. The van der Waals surface area contributed by atoms with E-state index in [1.54, 1.807) is 0 Å². The van der Waals surface area contributed by atoms with Gasteiger partial charge >= 0.3 is 5.97 Å². The fourth-order valence-electron chi connectivity index (χ4n) is 5.11. The van der Waals surface area contributed by atoms with E-state index in [1.807, 2.05) is 13.8 Å². The molecule has 0 spiro atoms. The van der Waals surface area contributed by atoms with E-state index in [2.05, 4.69) is 6.92 Å². The van der Waals surface area contributed by atoms with Crippen molar-refractivity contribution >= 4 is 5.97 Å². The fourth-order valence-corrected chi connectivity index (χ4v) is 5.11. The lowest BCUT2D eigenvalue weighted by atomic mass is 9.97. The monoisotopic (exact) mass is 472 g/mol. The predicted molar refractivity (Wildman–Crippen MR) is 127 cm³/mol. The molecule has 0 aromatic heterocycles. The zero-order valence-electron chi connectivity index (χ0n) is 21.0. The molecule has 0 radical (unpaired) electrons. The third kappa shape index (κ3) is 10.6. The van der Waals surface area contributed by atoms with Crippen LogP contribution in [0.4, 0.5) is 0 Å². The van der Waals surface area contributed by atoms with Gasteiger partial charge in [0.1, 0.15) is 0 Å². The van der Waals surface area contributed by atoms with Crippen molar-refractivity contribution in [2.24, 2.45) is 0 Å². The summed E-state index contributed by atoms with van der Waals surface area (Å²) in [6, 6.07) is 0. The molecular weight excluding hydrogens is 424 g/mol. The zero-order valence-corrected chi connectivity index (χ0v) is 21.0. The van der Waals surface area contributed by atoms with Crippen molar-refractivity contribution in [3.63, 3.8) is 0 Å². The maximum Gasteiger partial charge on any atom is 0.303 e. The lowest BCUT2D eigenvalue weighted by Crippen LogP contribution is -2.32. The smallest absolute Gasteiger partial charge is 0.303 e. The van der Waals surface area contributed by atoms with Gasteiger partial charge in [-0.25, -0.2) is 0 Å². The molecule has 7 nitrogen and oxygen atoms in total. The van der Waals surface area contributed by atoms with Gasteiger partial charge in [0.2, 0.25) is 0 Å². The topological polar surface area (TPSA) is 105 Å². The quantitative estimate of drug-likeness (QED) is 0.257. The van der Waals surface area contributed by atoms with Gasteiger partial charge < -0.3 is 29.5 Å².